The molecule has 32 heavy (non-hydrogen) atoms. The largest absolute Gasteiger partial charge is 0.471 e. The molecule has 1 N–H and O–H groups in total. The molecular weight excluding hydrogens is 434 g/mol. The number of hydrogen-bond acceptors (Lipinski definition) is 7. The van der Waals surface area contributed by atoms with Crippen LogP contribution in [-0.4, -0.2) is 32.6 Å². The third kappa shape index (κ3) is 4.79. The Labute approximate surface area is 177 Å². The van der Waals surface area contributed by atoms with E-state index in [0.717, 1.165) is 0 Å². The van der Waals surface area contributed by atoms with Gasteiger partial charge in [-0.3, -0.25) is 9.78 Å². The van der Waals surface area contributed by atoms with Gasteiger partial charge in [-0.15, -0.1) is 0 Å². The number of nitrogens with zero attached hydrogens (tertiary/aromatic N) is 4. The van der Waals surface area contributed by atoms with E-state index < -0.39 is 23.8 Å². The van der Waals surface area contributed by atoms with Crippen LogP contribution in [-0.2, 0) is 12.6 Å². The summed E-state index contributed by atoms with van der Waals surface area (Å²) in [7, 11) is 0. The summed E-state index contributed by atoms with van der Waals surface area (Å²) in [6, 6.07) is 7.09. The van der Waals surface area contributed by atoms with E-state index in [9.17, 15) is 22.4 Å². The van der Waals surface area contributed by atoms with Crippen LogP contribution in [0.1, 0.15) is 21.9 Å². The average molecular weight is 447 g/mol. The average Bonchev–Trinajstić information content (AvgIpc) is 3.44. The lowest BCUT2D eigenvalue weighted by atomic mass is 10.2. The van der Waals surface area contributed by atoms with Crippen LogP contribution in [0.3, 0.4) is 0 Å². The molecule has 4 rings (SSSR count). The second kappa shape index (κ2) is 8.57. The molecule has 0 aliphatic carbocycles. The van der Waals surface area contributed by atoms with Gasteiger partial charge in [-0.05, 0) is 24.3 Å². The number of carbonyl (C=O) groups is 1. The maximum atomic E-state index is 13.3. The van der Waals surface area contributed by atoms with Gasteiger partial charge in [0.2, 0.25) is 11.7 Å². The number of alkyl halides is 3. The highest BCUT2D eigenvalue weighted by Gasteiger charge is 2.38. The molecule has 0 spiro atoms. The Hall–Kier alpha value is -4.09. The van der Waals surface area contributed by atoms with Crippen molar-refractivity contribution in [1.82, 2.24) is 25.4 Å². The van der Waals surface area contributed by atoms with Crippen molar-refractivity contribution in [3.8, 4) is 22.8 Å². The lowest BCUT2D eigenvalue weighted by molar-refractivity contribution is -0.159. The van der Waals surface area contributed by atoms with Crippen molar-refractivity contribution >= 4 is 5.91 Å². The van der Waals surface area contributed by atoms with Gasteiger partial charge in [0.15, 0.2) is 0 Å². The molecule has 0 unspecified atom stereocenters. The van der Waals surface area contributed by atoms with Gasteiger partial charge in [-0.1, -0.05) is 11.2 Å². The maximum Gasteiger partial charge on any atom is 0.471 e. The molecule has 3 aromatic heterocycles. The van der Waals surface area contributed by atoms with Gasteiger partial charge in [-0.2, -0.15) is 18.2 Å². The van der Waals surface area contributed by atoms with Crippen molar-refractivity contribution in [2.24, 2.45) is 0 Å². The Morgan fingerprint density at radius 2 is 1.94 bits per heavy atom. The van der Waals surface area contributed by atoms with E-state index in [1.807, 2.05) is 0 Å². The fraction of sp³-hybridized carbons (Fsp3) is 0.150. The predicted octanol–water partition coefficient (Wildman–Crippen LogP) is 3.92. The lowest BCUT2D eigenvalue weighted by Crippen LogP contribution is -2.25. The van der Waals surface area contributed by atoms with Crippen molar-refractivity contribution in [1.29, 1.82) is 0 Å². The normalized spacial score (nSPS) is 11.5. The molecule has 3 heterocycles. The lowest BCUT2D eigenvalue weighted by Gasteiger charge is -2.04. The SMILES string of the molecule is O=C(NCCc1coc(-c2cccc(F)c2)n1)c1cncc(-c2noc(C(F)(F)F)n2)c1. The summed E-state index contributed by atoms with van der Waals surface area (Å²) in [6.45, 7) is 0.193. The second-order valence-corrected chi connectivity index (χ2v) is 6.54. The molecule has 0 bridgehead atoms. The third-order valence-corrected chi connectivity index (χ3v) is 4.22. The minimum Gasteiger partial charge on any atom is -0.444 e. The first-order chi connectivity index (χ1) is 15.3. The Morgan fingerprint density at radius 3 is 2.69 bits per heavy atom. The number of benzene rings is 1. The highest BCUT2D eigenvalue weighted by atomic mass is 19.4. The van der Waals surface area contributed by atoms with Crippen LogP contribution >= 0.6 is 0 Å². The minimum atomic E-state index is -4.77. The molecule has 0 saturated carbocycles. The van der Waals surface area contributed by atoms with E-state index in [-0.39, 0.29) is 29.4 Å². The Balaban J connectivity index is 1.37. The molecular formula is C20H13F4N5O3. The van der Waals surface area contributed by atoms with Crippen molar-refractivity contribution in [3.05, 3.63) is 72.0 Å². The highest BCUT2D eigenvalue weighted by Crippen LogP contribution is 2.29. The molecule has 0 radical (unpaired) electrons. The number of halogens is 4. The van der Waals surface area contributed by atoms with Crippen molar-refractivity contribution in [2.45, 2.75) is 12.6 Å². The van der Waals surface area contributed by atoms with Crippen LogP contribution in [0.5, 0.6) is 0 Å². The Kier molecular flexibility index (Phi) is 5.67. The van der Waals surface area contributed by atoms with Gasteiger partial charge in [0.05, 0.1) is 11.3 Å². The Morgan fingerprint density at radius 1 is 1.09 bits per heavy atom. The number of amides is 1. The van der Waals surface area contributed by atoms with E-state index in [4.69, 9.17) is 4.42 Å². The number of pyridine rings is 1. The monoisotopic (exact) mass is 447 g/mol. The summed E-state index contributed by atoms with van der Waals surface area (Å²) in [6.07, 6.45) is -0.573. The van der Waals surface area contributed by atoms with Gasteiger partial charge < -0.3 is 14.3 Å². The molecule has 12 heteroatoms. The first-order valence-electron chi connectivity index (χ1n) is 9.14. The zero-order chi connectivity index (χ0) is 22.7. The fourth-order valence-electron chi connectivity index (χ4n) is 2.72. The summed E-state index contributed by atoms with van der Waals surface area (Å²) in [5, 5.41) is 5.92. The molecule has 0 fully saturated rings. The van der Waals surface area contributed by atoms with E-state index in [1.54, 1.807) is 6.07 Å². The van der Waals surface area contributed by atoms with Crippen LogP contribution in [0, 0.1) is 5.82 Å². The van der Waals surface area contributed by atoms with Gasteiger partial charge in [0, 0.05) is 36.5 Å². The predicted molar refractivity (Wildman–Crippen MR) is 100 cm³/mol. The number of nitrogens with one attached hydrogen (secondary N) is 1. The molecule has 4 aromatic rings. The van der Waals surface area contributed by atoms with Crippen LogP contribution in [0.15, 0.2) is 57.9 Å². The summed E-state index contributed by atoms with van der Waals surface area (Å²) in [4.78, 5) is 23.7. The number of rotatable bonds is 6. The summed E-state index contributed by atoms with van der Waals surface area (Å²) >= 11 is 0. The maximum absolute atomic E-state index is 13.3. The van der Waals surface area contributed by atoms with Crippen LogP contribution in [0.2, 0.25) is 0 Å². The number of hydrogen-bond donors (Lipinski definition) is 1. The van der Waals surface area contributed by atoms with E-state index in [0.29, 0.717) is 17.7 Å². The van der Waals surface area contributed by atoms with Crippen LogP contribution in [0.4, 0.5) is 17.6 Å². The molecule has 0 aliphatic heterocycles. The standard InChI is InChI=1S/C20H13F4N5O3/c21-14-3-1-2-11(7-14)18-27-15(10-31-18)4-5-26-17(30)13-6-12(8-25-9-13)16-28-19(32-29-16)20(22,23)24/h1-3,6-10H,4-5H2,(H,26,30). The molecule has 1 aromatic carbocycles. The van der Waals surface area contributed by atoms with E-state index in [2.05, 4.69) is 29.9 Å². The van der Waals surface area contributed by atoms with Gasteiger partial charge in [0.1, 0.15) is 12.1 Å². The summed E-state index contributed by atoms with van der Waals surface area (Å²) in [5.41, 5.74) is 1.22. The Bertz CT molecular complexity index is 1250. The van der Waals surface area contributed by atoms with E-state index >= 15 is 0 Å². The van der Waals surface area contributed by atoms with E-state index in [1.165, 1.54) is 42.9 Å². The first-order valence-corrected chi connectivity index (χ1v) is 9.14. The molecule has 0 atom stereocenters. The smallest absolute Gasteiger partial charge is 0.444 e. The summed E-state index contributed by atoms with van der Waals surface area (Å²) < 4.78 is 60.7. The number of oxazole rings is 1. The molecule has 1 amide bonds. The quantitative estimate of drug-likeness (QED) is 0.447. The number of carbonyl (C=O) groups excluding carboxylic acids is 1. The molecule has 0 aliphatic rings. The molecule has 0 saturated heterocycles. The zero-order valence-electron chi connectivity index (χ0n) is 16.1. The highest BCUT2D eigenvalue weighted by molar-refractivity contribution is 5.94. The van der Waals surface area contributed by atoms with Crippen molar-refractivity contribution < 1.29 is 31.3 Å². The number of aromatic nitrogens is 4. The van der Waals surface area contributed by atoms with Gasteiger partial charge in [-0.25, -0.2) is 9.37 Å². The van der Waals surface area contributed by atoms with Crippen molar-refractivity contribution in [2.75, 3.05) is 6.54 Å². The fourth-order valence-corrected chi connectivity index (χ4v) is 2.72. The van der Waals surface area contributed by atoms with Crippen LogP contribution < -0.4 is 5.32 Å². The van der Waals surface area contributed by atoms with Crippen molar-refractivity contribution in [3.63, 3.8) is 0 Å². The van der Waals surface area contributed by atoms with Gasteiger partial charge in [0.25, 0.3) is 5.91 Å². The minimum absolute atomic E-state index is 0.0909. The van der Waals surface area contributed by atoms with Gasteiger partial charge >= 0.3 is 12.1 Å². The van der Waals surface area contributed by atoms with Crippen LogP contribution in [0.25, 0.3) is 22.8 Å². The second-order valence-electron chi connectivity index (χ2n) is 6.54. The first kappa shape index (κ1) is 21.2. The molecule has 164 valence electrons. The molecule has 8 nitrogen and oxygen atoms in total. The third-order valence-electron chi connectivity index (χ3n) is 4.22. The summed E-state index contributed by atoms with van der Waals surface area (Å²) in [5.74, 6) is -2.51. The zero-order valence-corrected chi connectivity index (χ0v) is 16.1. The topological polar surface area (TPSA) is 107 Å².